The van der Waals surface area contributed by atoms with Crippen molar-refractivity contribution >= 4 is 23.3 Å². The molecule has 142 valence electrons. The minimum Gasteiger partial charge on any atom is -0.452 e. The minimum absolute atomic E-state index is 0.0405. The Morgan fingerprint density at radius 2 is 2.00 bits per heavy atom. The van der Waals surface area contributed by atoms with Crippen molar-refractivity contribution in [2.24, 2.45) is 0 Å². The Hall–Kier alpha value is -3.49. The van der Waals surface area contributed by atoms with Crippen LogP contribution in [0.2, 0.25) is 0 Å². The van der Waals surface area contributed by atoms with Gasteiger partial charge in [0.15, 0.2) is 6.61 Å². The second kappa shape index (κ2) is 8.75. The summed E-state index contributed by atoms with van der Waals surface area (Å²) < 4.78 is 18.1. The fourth-order valence-electron chi connectivity index (χ4n) is 2.34. The van der Waals surface area contributed by atoms with E-state index in [1.54, 1.807) is 6.07 Å². The van der Waals surface area contributed by atoms with Gasteiger partial charge in [-0.1, -0.05) is 12.1 Å². The van der Waals surface area contributed by atoms with E-state index in [1.807, 2.05) is 0 Å². The minimum atomic E-state index is -0.853. The molecule has 8 nitrogen and oxygen atoms in total. The number of rotatable bonds is 7. The molecule has 0 radical (unpaired) electrons. The molecule has 1 amide bonds. The van der Waals surface area contributed by atoms with Gasteiger partial charge in [0.25, 0.3) is 11.6 Å². The van der Waals surface area contributed by atoms with E-state index < -0.39 is 29.2 Å². The fourth-order valence-corrected chi connectivity index (χ4v) is 2.34. The van der Waals surface area contributed by atoms with Gasteiger partial charge >= 0.3 is 5.97 Å². The first-order valence-electron chi connectivity index (χ1n) is 7.93. The van der Waals surface area contributed by atoms with E-state index in [9.17, 15) is 24.1 Å². The standard InChI is InChI=1S/C18H18FN3O5/c1-20-15-7-6-13(9-16(15)22(25)26)18(24)27-11-17(23)21(2)10-12-4-3-5-14(19)8-12/h3-9,20H,10-11H2,1-2H3. The van der Waals surface area contributed by atoms with Crippen molar-refractivity contribution in [3.8, 4) is 0 Å². The lowest BCUT2D eigenvalue weighted by atomic mass is 10.1. The smallest absolute Gasteiger partial charge is 0.338 e. The molecule has 0 fully saturated rings. The third-order valence-electron chi connectivity index (χ3n) is 3.76. The number of carbonyl (C=O) groups excluding carboxylic acids is 2. The van der Waals surface area contributed by atoms with Crippen molar-refractivity contribution in [3.63, 3.8) is 0 Å². The van der Waals surface area contributed by atoms with E-state index in [2.05, 4.69) is 5.32 Å². The van der Waals surface area contributed by atoms with E-state index in [1.165, 1.54) is 49.3 Å². The zero-order valence-corrected chi connectivity index (χ0v) is 14.8. The number of nitrogens with zero attached hydrogens (tertiary/aromatic N) is 2. The Kier molecular flexibility index (Phi) is 6.42. The molecule has 0 aliphatic rings. The molecule has 9 heteroatoms. The second-order valence-corrected chi connectivity index (χ2v) is 5.69. The van der Waals surface area contributed by atoms with Crippen LogP contribution in [0, 0.1) is 15.9 Å². The summed E-state index contributed by atoms with van der Waals surface area (Å²) in [6, 6.07) is 9.62. The fraction of sp³-hybridized carbons (Fsp3) is 0.222. The highest BCUT2D eigenvalue weighted by molar-refractivity contribution is 5.93. The van der Waals surface area contributed by atoms with Gasteiger partial charge in [0.1, 0.15) is 11.5 Å². The number of hydrogen-bond acceptors (Lipinski definition) is 6. The van der Waals surface area contributed by atoms with E-state index in [0.29, 0.717) is 5.56 Å². The average Bonchev–Trinajstić information content (AvgIpc) is 2.65. The number of halogens is 1. The van der Waals surface area contributed by atoms with Crippen LogP contribution in [0.3, 0.4) is 0 Å². The van der Waals surface area contributed by atoms with Gasteiger partial charge in [-0.25, -0.2) is 9.18 Å². The summed E-state index contributed by atoms with van der Waals surface area (Å²) in [6.45, 7) is -0.386. The number of esters is 1. The number of amides is 1. The first-order chi connectivity index (χ1) is 12.8. The molecule has 0 saturated heterocycles. The van der Waals surface area contributed by atoms with Crippen LogP contribution in [-0.4, -0.2) is 42.4 Å². The van der Waals surface area contributed by atoms with Gasteiger partial charge < -0.3 is 15.0 Å². The summed E-state index contributed by atoms with van der Waals surface area (Å²) in [4.78, 5) is 35.8. The van der Waals surface area contributed by atoms with Crippen LogP contribution in [0.1, 0.15) is 15.9 Å². The average molecular weight is 375 g/mol. The van der Waals surface area contributed by atoms with E-state index in [0.717, 1.165) is 6.07 Å². The molecular weight excluding hydrogens is 357 g/mol. The largest absolute Gasteiger partial charge is 0.452 e. The highest BCUT2D eigenvalue weighted by atomic mass is 19.1. The molecule has 0 aliphatic carbocycles. The molecule has 0 unspecified atom stereocenters. The first-order valence-corrected chi connectivity index (χ1v) is 7.93. The molecule has 0 heterocycles. The molecule has 27 heavy (non-hydrogen) atoms. The maximum Gasteiger partial charge on any atom is 0.338 e. The van der Waals surface area contributed by atoms with Crippen molar-refractivity contribution in [3.05, 3.63) is 69.5 Å². The number of likely N-dealkylation sites (N-methyl/N-ethyl adjacent to an activating group) is 1. The van der Waals surface area contributed by atoms with Crippen molar-refractivity contribution in [1.29, 1.82) is 0 Å². The highest BCUT2D eigenvalue weighted by Crippen LogP contribution is 2.25. The van der Waals surface area contributed by atoms with Gasteiger partial charge in [-0.3, -0.25) is 14.9 Å². The summed E-state index contributed by atoms with van der Waals surface area (Å²) in [5.74, 6) is -1.76. The molecule has 0 aromatic heterocycles. The second-order valence-electron chi connectivity index (χ2n) is 5.69. The molecule has 0 atom stereocenters. The van der Waals surface area contributed by atoms with Crippen LogP contribution in [0.4, 0.5) is 15.8 Å². The Bertz CT molecular complexity index is 872. The quantitative estimate of drug-likeness (QED) is 0.453. The van der Waals surface area contributed by atoms with E-state index >= 15 is 0 Å². The summed E-state index contributed by atoms with van der Waals surface area (Å²) in [5.41, 5.74) is 0.528. The molecule has 2 rings (SSSR count). The van der Waals surface area contributed by atoms with Crippen molar-refractivity contribution in [2.75, 3.05) is 26.0 Å². The maximum absolute atomic E-state index is 13.2. The Morgan fingerprint density at radius 3 is 2.63 bits per heavy atom. The van der Waals surface area contributed by atoms with E-state index in [-0.39, 0.29) is 23.5 Å². The zero-order valence-electron chi connectivity index (χ0n) is 14.8. The van der Waals surface area contributed by atoms with Gasteiger partial charge in [0.2, 0.25) is 0 Å². The maximum atomic E-state index is 13.2. The van der Waals surface area contributed by atoms with Crippen LogP contribution in [-0.2, 0) is 16.1 Å². The third kappa shape index (κ3) is 5.24. The Balaban J connectivity index is 1.97. The number of benzene rings is 2. The third-order valence-corrected chi connectivity index (χ3v) is 3.76. The SMILES string of the molecule is CNc1ccc(C(=O)OCC(=O)N(C)Cc2cccc(F)c2)cc1[N+](=O)[O-]. The Morgan fingerprint density at radius 1 is 1.26 bits per heavy atom. The molecule has 0 saturated carbocycles. The first kappa shape index (κ1) is 19.8. The van der Waals surface area contributed by atoms with Crippen LogP contribution in [0.5, 0.6) is 0 Å². The predicted octanol–water partition coefficient (Wildman–Crippen LogP) is 2.59. The number of carbonyl (C=O) groups is 2. The van der Waals surface area contributed by atoms with Crippen LogP contribution < -0.4 is 5.32 Å². The molecular formula is C18H18FN3O5. The molecule has 2 aromatic carbocycles. The predicted molar refractivity (Wildman–Crippen MR) is 95.8 cm³/mol. The number of anilines is 1. The normalized spacial score (nSPS) is 10.2. The van der Waals surface area contributed by atoms with Crippen LogP contribution in [0.25, 0.3) is 0 Å². The molecule has 0 bridgehead atoms. The monoisotopic (exact) mass is 375 g/mol. The molecule has 0 aliphatic heterocycles. The highest BCUT2D eigenvalue weighted by Gasteiger charge is 2.19. The van der Waals surface area contributed by atoms with Gasteiger partial charge in [-0.15, -0.1) is 0 Å². The summed E-state index contributed by atoms with van der Waals surface area (Å²) in [7, 11) is 3.01. The molecule has 2 aromatic rings. The van der Waals surface area contributed by atoms with E-state index in [4.69, 9.17) is 4.74 Å². The van der Waals surface area contributed by atoms with Crippen molar-refractivity contribution < 1.29 is 23.6 Å². The topological polar surface area (TPSA) is 102 Å². The van der Waals surface area contributed by atoms with Gasteiger partial charge in [-0.2, -0.15) is 0 Å². The zero-order chi connectivity index (χ0) is 20.0. The van der Waals surface area contributed by atoms with Gasteiger partial charge in [0.05, 0.1) is 10.5 Å². The number of hydrogen-bond donors (Lipinski definition) is 1. The number of ether oxygens (including phenoxy) is 1. The van der Waals surface area contributed by atoms with Crippen LogP contribution >= 0.6 is 0 Å². The summed E-state index contributed by atoms with van der Waals surface area (Å²) in [5, 5.41) is 13.7. The summed E-state index contributed by atoms with van der Waals surface area (Å²) >= 11 is 0. The number of nitro groups is 1. The van der Waals surface area contributed by atoms with Crippen molar-refractivity contribution in [2.45, 2.75) is 6.54 Å². The van der Waals surface area contributed by atoms with Gasteiger partial charge in [-0.05, 0) is 29.8 Å². The summed E-state index contributed by atoms with van der Waals surface area (Å²) in [6.07, 6.45) is 0. The van der Waals surface area contributed by atoms with Crippen LogP contribution in [0.15, 0.2) is 42.5 Å². The molecule has 0 spiro atoms. The lowest BCUT2D eigenvalue weighted by Gasteiger charge is -2.17. The molecule has 1 N–H and O–H groups in total. The van der Waals surface area contributed by atoms with Gasteiger partial charge in [0, 0.05) is 26.7 Å². The Labute approximate surface area is 154 Å². The number of nitrogens with one attached hydrogen (secondary N) is 1. The lowest BCUT2D eigenvalue weighted by Crippen LogP contribution is -2.30. The lowest BCUT2D eigenvalue weighted by molar-refractivity contribution is -0.384. The number of nitro benzene ring substituents is 1. The van der Waals surface area contributed by atoms with Crippen molar-refractivity contribution in [1.82, 2.24) is 4.90 Å².